The fourth-order valence-electron chi connectivity index (χ4n) is 1.35. The van der Waals surface area contributed by atoms with Crippen LogP contribution in [0.5, 0.6) is 5.75 Å². The summed E-state index contributed by atoms with van der Waals surface area (Å²) in [5.74, 6) is -3.33. The Balaban J connectivity index is 3.07. The van der Waals surface area contributed by atoms with E-state index in [1.165, 1.54) is 6.92 Å². The SMILES string of the molecule is CCOC(=O)Cc1cc(OC(F)(F)F)c(CF)c(F)n1. The molecule has 0 aromatic carbocycles. The minimum Gasteiger partial charge on any atom is -0.466 e. The van der Waals surface area contributed by atoms with Gasteiger partial charge in [0.05, 0.1) is 24.3 Å². The van der Waals surface area contributed by atoms with Crippen LogP contribution < -0.4 is 4.74 Å². The molecule has 0 bridgehead atoms. The number of carbonyl (C=O) groups excluding carboxylic acids is 1. The van der Waals surface area contributed by atoms with Gasteiger partial charge in [-0.25, -0.2) is 9.37 Å². The van der Waals surface area contributed by atoms with Crippen molar-refractivity contribution in [1.82, 2.24) is 4.98 Å². The predicted octanol–water partition coefficient (Wildman–Crippen LogP) is 2.69. The smallest absolute Gasteiger partial charge is 0.466 e. The molecular formula is C11H10F5NO3. The van der Waals surface area contributed by atoms with E-state index in [0.717, 1.165) is 0 Å². The molecule has 0 fully saturated rings. The number of halogens is 5. The molecule has 112 valence electrons. The quantitative estimate of drug-likeness (QED) is 0.476. The van der Waals surface area contributed by atoms with Crippen LogP contribution in [0.25, 0.3) is 0 Å². The number of pyridine rings is 1. The highest BCUT2D eigenvalue weighted by Gasteiger charge is 2.33. The van der Waals surface area contributed by atoms with Gasteiger partial charge < -0.3 is 9.47 Å². The summed E-state index contributed by atoms with van der Waals surface area (Å²) in [4.78, 5) is 14.4. The number of nitrogens with zero attached hydrogens (tertiary/aromatic N) is 1. The van der Waals surface area contributed by atoms with Gasteiger partial charge in [-0.3, -0.25) is 4.79 Å². The molecule has 0 aliphatic heterocycles. The van der Waals surface area contributed by atoms with E-state index in [0.29, 0.717) is 6.07 Å². The van der Waals surface area contributed by atoms with Gasteiger partial charge in [0.15, 0.2) is 0 Å². The zero-order valence-electron chi connectivity index (χ0n) is 10.3. The van der Waals surface area contributed by atoms with Crippen LogP contribution in [0.3, 0.4) is 0 Å². The highest BCUT2D eigenvalue weighted by Crippen LogP contribution is 2.29. The molecule has 4 nitrogen and oxygen atoms in total. The van der Waals surface area contributed by atoms with Crippen LogP contribution in [0.4, 0.5) is 22.0 Å². The third-order valence-electron chi connectivity index (χ3n) is 2.08. The molecule has 0 atom stereocenters. The predicted molar refractivity (Wildman–Crippen MR) is 56.0 cm³/mol. The molecular weight excluding hydrogens is 289 g/mol. The van der Waals surface area contributed by atoms with Crippen molar-refractivity contribution in [3.8, 4) is 5.75 Å². The first-order chi connectivity index (χ1) is 9.26. The van der Waals surface area contributed by atoms with E-state index in [-0.39, 0.29) is 12.3 Å². The van der Waals surface area contributed by atoms with E-state index in [9.17, 15) is 26.7 Å². The Kier molecular flexibility index (Phi) is 5.23. The van der Waals surface area contributed by atoms with Crippen LogP contribution in [0.2, 0.25) is 0 Å². The molecule has 0 amide bonds. The Morgan fingerprint density at radius 1 is 1.40 bits per heavy atom. The summed E-state index contributed by atoms with van der Waals surface area (Å²) < 4.78 is 70.3. The van der Waals surface area contributed by atoms with Crippen molar-refractivity contribution in [2.24, 2.45) is 0 Å². The molecule has 0 spiro atoms. The van der Waals surface area contributed by atoms with E-state index in [1.54, 1.807) is 0 Å². The molecule has 1 heterocycles. The van der Waals surface area contributed by atoms with Crippen molar-refractivity contribution < 1.29 is 36.2 Å². The molecule has 1 aromatic rings. The largest absolute Gasteiger partial charge is 0.573 e. The maximum Gasteiger partial charge on any atom is 0.573 e. The van der Waals surface area contributed by atoms with Crippen molar-refractivity contribution in [3.63, 3.8) is 0 Å². The van der Waals surface area contributed by atoms with Gasteiger partial charge in [-0.2, -0.15) is 4.39 Å². The number of aromatic nitrogens is 1. The summed E-state index contributed by atoms with van der Waals surface area (Å²) in [7, 11) is 0. The van der Waals surface area contributed by atoms with Crippen LogP contribution in [-0.4, -0.2) is 23.9 Å². The summed E-state index contributed by atoms with van der Waals surface area (Å²) in [6, 6.07) is 0.655. The van der Waals surface area contributed by atoms with Crippen LogP contribution in [0, 0.1) is 5.95 Å². The second-order valence-corrected chi connectivity index (χ2v) is 3.54. The molecule has 0 saturated heterocycles. The normalized spacial score (nSPS) is 11.3. The molecule has 1 aromatic heterocycles. The highest BCUT2D eigenvalue weighted by atomic mass is 19.4. The van der Waals surface area contributed by atoms with E-state index < -0.39 is 42.7 Å². The first-order valence-corrected chi connectivity index (χ1v) is 5.42. The third-order valence-corrected chi connectivity index (χ3v) is 2.08. The summed E-state index contributed by atoms with van der Waals surface area (Å²) >= 11 is 0. The second-order valence-electron chi connectivity index (χ2n) is 3.54. The molecule has 20 heavy (non-hydrogen) atoms. The molecule has 0 saturated carbocycles. The summed E-state index contributed by atoms with van der Waals surface area (Å²) in [5.41, 5.74) is -1.31. The van der Waals surface area contributed by atoms with Gasteiger partial charge in [-0.05, 0) is 6.92 Å². The van der Waals surface area contributed by atoms with E-state index >= 15 is 0 Å². The Bertz CT molecular complexity index is 490. The number of rotatable bonds is 5. The number of esters is 1. The summed E-state index contributed by atoms with van der Waals surface area (Å²) in [6.45, 7) is 0.0516. The molecule has 1 rings (SSSR count). The first kappa shape index (κ1) is 16.1. The fourth-order valence-corrected chi connectivity index (χ4v) is 1.35. The van der Waals surface area contributed by atoms with Gasteiger partial charge in [0.1, 0.15) is 12.4 Å². The average Bonchev–Trinajstić information content (AvgIpc) is 2.26. The summed E-state index contributed by atoms with van der Waals surface area (Å²) in [6.07, 6.45) is -5.66. The number of ether oxygens (including phenoxy) is 2. The number of alkyl halides is 4. The Labute approximate surface area is 110 Å². The Morgan fingerprint density at radius 3 is 2.55 bits per heavy atom. The van der Waals surface area contributed by atoms with Crippen molar-refractivity contribution in [2.45, 2.75) is 26.4 Å². The second kappa shape index (κ2) is 6.49. The number of hydrogen-bond acceptors (Lipinski definition) is 4. The van der Waals surface area contributed by atoms with Gasteiger partial charge in [0.25, 0.3) is 0 Å². The Hall–Kier alpha value is -1.93. The fraction of sp³-hybridized carbons (Fsp3) is 0.455. The molecule has 0 unspecified atom stereocenters. The summed E-state index contributed by atoms with van der Waals surface area (Å²) in [5, 5.41) is 0. The highest BCUT2D eigenvalue weighted by molar-refractivity contribution is 5.72. The number of carbonyl (C=O) groups is 1. The van der Waals surface area contributed by atoms with Crippen molar-refractivity contribution in [3.05, 3.63) is 23.3 Å². The van der Waals surface area contributed by atoms with Crippen molar-refractivity contribution in [2.75, 3.05) is 6.61 Å². The van der Waals surface area contributed by atoms with E-state index in [2.05, 4.69) is 14.5 Å². The zero-order valence-corrected chi connectivity index (χ0v) is 10.3. The van der Waals surface area contributed by atoms with Crippen LogP contribution in [-0.2, 0) is 22.6 Å². The lowest BCUT2D eigenvalue weighted by Gasteiger charge is -2.13. The topological polar surface area (TPSA) is 48.4 Å². The van der Waals surface area contributed by atoms with Gasteiger partial charge in [0.2, 0.25) is 5.95 Å². The standard InChI is InChI=1S/C11H10F5NO3/c1-2-19-9(18)4-6-3-8(20-11(14,15)16)7(5-12)10(13)17-6/h3H,2,4-5H2,1H3. The minimum absolute atomic E-state index is 0.0514. The number of hydrogen-bond donors (Lipinski definition) is 0. The molecule has 9 heteroatoms. The Morgan fingerprint density at radius 2 is 2.05 bits per heavy atom. The van der Waals surface area contributed by atoms with Gasteiger partial charge >= 0.3 is 12.3 Å². The van der Waals surface area contributed by atoms with Crippen LogP contribution in [0.15, 0.2) is 6.07 Å². The zero-order chi connectivity index (χ0) is 15.3. The van der Waals surface area contributed by atoms with Crippen molar-refractivity contribution >= 4 is 5.97 Å². The van der Waals surface area contributed by atoms with Gasteiger partial charge in [0, 0.05) is 6.07 Å². The molecule has 0 radical (unpaired) electrons. The average molecular weight is 299 g/mol. The lowest BCUT2D eigenvalue weighted by Crippen LogP contribution is -2.19. The molecule has 0 aliphatic rings. The van der Waals surface area contributed by atoms with E-state index in [4.69, 9.17) is 0 Å². The lowest BCUT2D eigenvalue weighted by molar-refractivity contribution is -0.275. The monoisotopic (exact) mass is 299 g/mol. The molecule has 0 N–H and O–H groups in total. The van der Waals surface area contributed by atoms with Crippen LogP contribution in [0.1, 0.15) is 18.2 Å². The van der Waals surface area contributed by atoms with E-state index in [1.807, 2.05) is 0 Å². The van der Waals surface area contributed by atoms with Crippen LogP contribution >= 0.6 is 0 Å². The van der Waals surface area contributed by atoms with Gasteiger partial charge in [-0.1, -0.05) is 0 Å². The molecule has 0 aliphatic carbocycles. The van der Waals surface area contributed by atoms with Gasteiger partial charge in [-0.15, -0.1) is 13.2 Å². The van der Waals surface area contributed by atoms with Crippen molar-refractivity contribution in [1.29, 1.82) is 0 Å². The third kappa shape index (κ3) is 4.63. The lowest BCUT2D eigenvalue weighted by atomic mass is 10.2. The first-order valence-electron chi connectivity index (χ1n) is 5.42. The minimum atomic E-state index is -5.11. The maximum atomic E-state index is 13.4. The maximum absolute atomic E-state index is 13.4.